The highest BCUT2D eigenvalue weighted by Gasteiger charge is 2.13. The Bertz CT molecular complexity index is 891. The quantitative estimate of drug-likeness (QED) is 0.603. The molecule has 0 saturated heterocycles. The van der Waals surface area contributed by atoms with Gasteiger partial charge in [-0.05, 0) is 18.2 Å². The Morgan fingerprint density at radius 2 is 1.92 bits per heavy atom. The van der Waals surface area contributed by atoms with E-state index in [1.54, 1.807) is 26.4 Å². The predicted octanol–water partition coefficient (Wildman–Crippen LogP) is 3.04. The lowest BCUT2D eigenvalue weighted by Gasteiger charge is -2.07. The van der Waals surface area contributed by atoms with Crippen LogP contribution < -0.4 is 9.47 Å². The van der Waals surface area contributed by atoms with E-state index in [0.29, 0.717) is 17.3 Å². The second-order valence-electron chi connectivity index (χ2n) is 5.39. The van der Waals surface area contributed by atoms with E-state index in [9.17, 15) is 4.79 Å². The van der Waals surface area contributed by atoms with Gasteiger partial charge in [0.2, 0.25) is 5.82 Å². The first kappa shape index (κ1) is 17.5. The number of aromatic nitrogens is 2. The fourth-order valence-corrected chi connectivity index (χ4v) is 2.39. The molecular weight excluding hydrogens is 336 g/mol. The van der Waals surface area contributed by atoms with E-state index in [-0.39, 0.29) is 18.9 Å². The van der Waals surface area contributed by atoms with Crippen molar-refractivity contribution in [2.45, 2.75) is 13.0 Å². The monoisotopic (exact) mass is 354 g/mol. The number of hydrogen-bond donors (Lipinski definition) is 0. The van der Waals surface area contributed by atoms with E-state index in [1.807, 2.05) is 36.4 Å². The summed E-state index contributed by atoms with van der Waals surface area (Å²) in [5.41, 5.74) is 1.50. The van der Waals surface area contributed by atoms with E-state index >= 15 is 0 Å². The normalized spacial score (nSPS) is 10.4. The number of benzene rings is 2. The molecular formula is C19H18N2O5. The van der Waals surface area contributed by atoms with Crippen molar-refractivity contribution in [1.29, 1.82) is 0 Å². The van der Waals surface area contributed by atoms with Gasteiger partial charge in [-0.15, -0.1) is 0 Å². The van der Waals surface area contributed by atoms with Crippen LogP contribution in [-0.4, -0.2) is 30.3 Å². The predicted molar refractivity (Wildman–Crippen MR) is 92.8 cm³/mol. The zero-order chi connectivity index (χ0) is 18.4. The maximum Gasteiger partial charge on any atom is 0.310 e. The van der Waals surface area contributed by atoms with Crippen molar-refractivity contribution in [1.82, 2.24) is 10.1 Å². The van der Waals surface area contributed by atoms with Crippen LogP contribution in [0.3, 0.4) is 0 Å². The van der Waals surface area contributed by atoms with Crippen molar-refractivity contribution in [2.24, 2.45) is 0 Å². The summed E-state index contributed by atoms with van der Waals surface area (Å²) < 4.78 is 20.7. The summed E-state index contributed by atoms with van der Waals surface area (Å²) in [6.45, 7) is -0.0923. The number of para-hydroxylation sites is 1. The average molecular weight is 354 g/mol. The number of rotatable bonds is 7. The number of ether oxygens (including phenoxy) is 3. The zero-order valence-electron chi connectivity index (χ0n) is 14.5. The Hall–Kier alpha value is -3.35. The van der Waals surface area contributed by atoms with Gasteiger partial charge in [-0.1, -0.05) is 35.5 Å². The van der Waals surface area contributed by atoms with E-state index in [1.165, 1.54) is 0 Å². The van der Waals surface area contributed by atoms with Gasteiger partial charge in [0, 0.05) is 11.1 Å². The summed E-state index contributed by atoms with van der Waals surface area (Å²) in [6, 6.07) is 14.6. The summed E-state index contributed by atoms with van der Waals surface area (Å²) in [5, 5.41) is 3.90. The highest BCUT2D eigenvalue weighted by Crippen LogP contribution is 2.22. The second kappa shape index (κ2) is 8.15. The highest BCUT2D eigenvalue weighted by atomic mass is 16.6. The van der Waals surface area contributed by atoms with Crippen LogP contribution in [0.25, 0.3) is 11.4 Å². The number of nitrogens with zero attached hydrogens (tertiary/aromatic N) is 2. The number of carbonyl (C=O) groups excluding carboxylic acids is 1. The van der Waals surface area contributed by atoms with E-state index in [4.69, 9.17) is 18.7 Å². The molecule has 2 aromatic carbocycles. The van der Waals surface area contributed by atoms with Crippen LogP contribution >= 0.6 is 0 Å². The number of esters is 1. The molecule has 0 unspecified atom stereocenters. The Kier molecular flexibility index (Phi) is 5.48. The third-order valence-electron chi connectivity index (χ3n) is 3.68. The highest BCUT2D eigenvalue weighted by molar-refractivity contribution is 5.73. The molecule has 3 rings (SSSR count). The molecule has 7 nitrogen and oxygen atoms in total. The molecule has 0 saturated carbocycles. The minimum Gasteiger partial charge on any atom is -0.497 e. The lowest BCUT2D eigenvalue weighted by Crippen LogP contribution is -2.09. The lowest BCUT2D eigenvalue weighted by atomic mass is 10.1. The Morgan fingerprint density at radius 3 is 2.73 bits per heavy atom. The van der Waals surface area contributed by atoms with Crippen LogP contribution in [0.2, 0.25) is 0 Å². The second-order valence-corrected chi connectivity index (χ2v) is 5.39. The molecule has 26 heavy (non-hydrogen) atoms. The molecule has 1 aromatic heterocycles. The topological polar surface area (TPSA) is 83.7 Å². The minimum absolute atomic E-state index is 0.0923. The van der Waals surface area contributed by atoms with Gasteiger partial charge < -0.3 is 18.7 Å². The first-order valence-electron chi connectivity index (χ1n) is 7.94. The molecule has 0 aliphatic heterocycles. The third-order valence-corrected chi connectivity index (χ3v) is 3.68. The summed E-state index contributed by atoms with van der Waals surface area (Å²) in [6.07, 6.45) is 0.0981. The van der Waals surface area contributed by atoms with Gasteiger partial charge in [-0.2, -0.15) is 4.98 Å². The van der Waals surface area contributed by atoms with Crippen molar-refractivity contribution in [3.63, 3.8) is 0 Å². The molecule has 0 aliphatic rings. The van der Waals surface area contributed by atoms with Crippen molar-refractivity contribution in [3.05, 3.63) is 60.0 Å². The first-order valence-corrected chi connectivity index (χ1v) is 7.94. The molecule has 0 aliphatic carbocycles. The molecule has 0 bridgehead atoms. The minimum atomic E-state index is -0.407. The van der Waals surface area contributed by atoms with Gasteiger partial charge in [-0.25, -0.2) is 0 Å². The summed E-state index contributed by atoms with van der Waals surface area (Å²) in [4.78, 5) is 16.3. The molecule has 0 spiro atoms. The maximum absolute atomic E-state index is 12.0. The molecule has 0 fully saturated rings. The average Bonchev–Trinajstić information content (AvgIpc) is 3.16. The van der Waals surface area contributed by atoms with Gasteiger partial charge >= 0.3 is 5.97 Å². The van der Waals surface area contributed by atoms with Crippen molar-refractivity contribution in [2.75, 3.05) is 14.2 Å². The lowest BCUT2D eigenvalue weighted by molar-refractivity contribution is -0.144. The molecule has 0 N–H and O–H groups in total. The third kappa shape index (κ3) is 4.18. The first-order chi connectivity index (χ1) is 12.7. The molecule has 0 atom stereocenters. The standard InChI is InChI=1S/C19H18N2O5/c1-23-15-8-5-7-14(10-15)19-20-17(26-21-19)12-25-18(22)11-13-6-3-4-9-16(13)24-2/h3-10H,11-12H2,1-2H3. The van der Waals surface area contributed by atoms with Gasteiger partial charge in [0.1, 0.15) is 11.5 Å². The Balaban J connectivity index is 1.60. The molecule has 0 radical (unpaired) electrons. The van der Waals surface area contributed by atoms with Gasteiger partial charge in [0.05, 0.1) is 20.6 Å². The van der Waals surface area contributed by atoms with Crippen molar-refractivity contribution >= 4 is 5.97 Å². The summed E-state index contributed by atoms with van der Waals surface area (Å²) in [5.74, 6) is 1.55. The van der Waals surface area contributed by atoms with Crippen LogP contribution in [0.5, 0.6) is 11.5 Å². The van der Waals surface area contributed by atoms with Gasteiger partial charge in [0.15, 0.2) is 6.61 Å². The van der Waals surface area contributed by atoms with Gasteiger partial charge in [-0.3, -0.25) is 4.79 Å². The van der Waals surface area contributed by atoms with E-state index in [2.05, 4.69) is 10.1 Å². The number of carbonyl (C=O) groups is 1. The largest absolute Gasteiger partial charge is 0.497 e. The van der Waals surface area contributed by atoms with Gasteiger partial charge in [0.25, 0.3) is 5.89 Å². The maximum atomic E-state index is 12.0. The van der Waals surface area contributed by atoms with E-state index in [0.717, 1.165) is 11.1 Å². The summed E-state index contributed by atoms with van der Waals surface area (Å²) in [7, 11) is 3.14. The fraction of sp³-hybridized carbons (Fsp3) is 0.211. The smallest absolute Gasteiger partial charge is 0.310 e. The van der Waals surface area contributed by atoms with Crippen LogP contribution in [0.4, 0.5) is 0 Å². The molecule has 1 heterocycles. The molecule has 3 aromatic rings. The van der Waals surface area contributed by atoms with Crippen LogP contribution in [0, 0.1) is 0 Å². The SMILES string of the molecule is COc1cccc(-c2noc(COC(=O)Cc3ccccc3OC)n2)c1. The van der Waals surface area contributed by atoms with E-state index < -0.39 is 5.97 Å². The molecule has 7 heteroatoms. The van der Waals surface area contributed by atoms with Crippen LogP contribution in [0.1, 0.15) is 11.5 Å². The molecule has 0 amide bonds. The number of methoxy groups -OCH3 is 2. The van der Waals surface area contributed by atoms with Crippen LogP contribution in [-0.2, 0) is 22.6 Å². The molecule has 134 valence electrons. The van der Waals surface area contributed by atoms with Crippen LogP contribution in [0.15, 0.2) is 53.1 Å². The Morgan fingerprint density at radius 1 is 1.08 bits per heavy atom. The number of hydrogen-bond acceptors (Lipinski definition) is 7. The van der Waals surface area contributed by atoms with Crippen molar-refractivity contribution in [3.8, 4) is 22.9 Å². The van der Waals surface area contributed by atoms with Crippen molar-refractivity contribution < 1.29 is 23.5 Å². The fourth-order valence-electron chi connectivity index (χ4n) is 2.39. The Labute approximate surface area is 150 Å². The zero-order valence-corrected chi connectivity index (χ0v) is 14.5. The summed E-state index contributed by atoms with van der Waals surface area (Å²) >= 11 is 0.